The van der Waals surface area contributed by atoms with Crippen molar-refractivity contribution in [2.24, 2.45) is 0 Å². The molecule has 0 unspecified atom stereocenters. The number of piperazine rings is 3. The first-order valence-electron chi connectivity index (χ1n) is 30.8. The first-order chi connectivity index (χ1) is 45.9. The van der Waals surface area contributed by atoms with Crippen molar-refractivity contribution in [3.05, 3.63) is 166 Å². The van der Waals surface area contributed by atoms with Crippen LogP contribution in [-0.2, 0) is 22.7 Å². The molecule has 18 nitrogen and oxygen atoms in total. The molecule has 0 spiro atoms. The van der Waals surface area contributed by atoms with Gasteiger partial charge in [-0.15, -0.1) is 47.3 Å². The monoisotopic (exact) mass is 1560 g/mol. The minimum Gasteiger partial charge on any atom is -0.478 e. The van der Waals surface area contributed by atoms with Crippen LogP contribution in [0.4, 0.5) is 35.4 Å². The summed E-state index contributed by atoms with van der Waals surface area (Å²) >= 11 is 28.9. The summed E-state index contributed by atoms with van der Waals surface area (Å²) in [6.45, 7) is 21.3. The molecule has 9 aromatic rings. The second-order valence-electron chi connectivity index (χ2n) is 23.5. The van der Waals surface area contributed by atoms with E-state index in [1.165, 1.54) is 24.3 Å². The lowest BCUT2D eigenvalue weighted by atomic mass is 10.1. The number of aromatic nitrogens is 6. The second-order valence-corrected chi connectivity index (χ2v) is 31.1. The van der Waals surface area contributed by atoms with Crippen molar-refractivity contribution in [2.75, 3.05) is 86.8 Å². The minimum atomic E-state index is -0.556. The van der Waals surface area contributed by atoms with Gasteiger partial charge in [0.1, 0.15) is 40.5 Å². The number of amides is 2. The molecule has 3 N–H and O–H groups in total. The third-order valence-corrected chi connectivity index (χ3v) is 16.6. The number of rotatable bonds is 11. The number of hydrogen-bond donors (Lipinski definition) is 3. The highest BCUT2D eigenvalue weighted by Crippen LogP contribution is 2.40. The van der Waals surface area contributed by atoms with Crippen molar-refractivity contribution in [1.82, 2.24) is 45.0 Å². The molecule has 0 aliphatic carbocycles. The van der Waals surface area contributed by atoms with Gasteiger partial charge in [0, 0.05) is 116 Å². The van der Waals surface area contributed by atoms with Gasteiger partial charge in [0.2, 0.25) is 11.8 Å². The Kier molecular flexibility index (Phi) is 25.3. The van der Waals surface area contributed by atoms with E-state index in [-0.39, 0.29) is 46.3 Å². The van der Waals surface area contributed by atoms with E-state index >= 15 is 0 Å². The summed E-state index contributed by atoms with van der Waals surface area (Å²) in [7, 11) is 0. The summed E-state index contributed by atoms with van der Waals surface area (Å²) in [6, 6.07) is 29.8. The molecule has 0 saturated carbocycles. The fraction of sp³-hybridized carbons (Fsp3) is 0.324. The number of halogens is 9. The van der Waals surface area contributed by atoms with Gasteiger partial charge in [0.05, 0.1) is 79.9 Å². The zero-order valence-electron chi connectivity index (χ0n) is 53.4. The standard InChI is InChI=1S/C26H30ClFN4O3.C22H20ClFN4O2.C20H20ClFN4O.BBr3/c1-6-34-22-14-21-18(13-19(27)23(29-21)17-9-7-8-10-20(17)28)24(30-22)32-12-11-31(15-16(32)2)25(33)35-26(3,4)5;1-2-20(30)27-7-9-28(10-8-27)22-16-12-17(23)21(15-5-3-4-6-18(15)24)26-19(16)11-14(13-29)25-22;1-12-10-23-6-7-26(12)20-15-9-16(21)19(14-4-2-3-5-17(14)22)25-18(15)8-13(11-27)24-20;2-1(3)4/h7-10,13-14,16H,6,11-12,15H2,1-5H3;2-6,11-12,29H,1,7-10,13H2;2-5,8-9,12,23,27H,6-7,10-11H2,1H3;/t16-;;12-;/m0.0./s1. The molecule has 3 fully saturated rings. The van der Waals surface area contributed by atoms with Crippen LogP contribution in [-0.4, -0.2) is 155 Å². The van der Waals surface area contributed by atoms with Crippen molar-refractivity contribution in [3.8, 4) is 39.7 Å². The van der Waals surface area contributed by atoms with Crippen molar-refractivity contribution in [3.63, 3.8) is 0 Å². The summed E-state index contributed by atoms with van der Waals surface area (Å²) in [5.74, 6) is 1.19. The largest absolute Gasteiger partial charge is 0.478 e. The van der Waals surface area contributed by atoms with E-state index in [0.29, 0.717) is 152 Å². The highest BCUT2D eigenvalue weighted by molar-refractivity contribution is 9.69. The molecular weight excluding hydrogens is 1490 g/mol. The number of nitrogens with one attached hydrogen (secondary N) is 1. The molecule has 12 rings (SSSR count). The third kappa shape index (κ3) is 17.9. The normalized spacial score (nSPS) is 15.7. The molecule has 2 atom stereocenters. The minimum absolute atomic E-state index is 0.0473. The van der Waals surface area contributed by atoms with E-state index in [0.717, 1.165) is 36.2 Å². The number of aliphatic hydroxyl groups excluding tert-OH is 2. The summed E-state index contributed by atoms with van der Waals surface area (Å²) < 4.78 is 54.6. The maximum absolute atomic E-state index is 14.5. The van der Waals surface area contributed by atoms with Crippen molar-refractivity contribution >= 4 is 147 Å². The Balaban J connectivity index is 0.000000165. The van der Waals surface area contributed by atoms with E-state index in [1.807, 2.05) is 39.5 Å². The average molecular weight is 1570 g/mol. The lowest BCUT2D eigenvalue weighted by Crippen LogP contribution is -2.54. The summed E-state index contributed by atoms with van der Waals surface area (Å²) in [6.07, 6.45) is 0.980. The van der Waals surface area contributed by atoms with Crippen LogP contribution >= 0.6 is 82.1 Å². The number of pyridine rings is 6. The summed E-state index contributed by atoms with van der Waals surface area (Å²) in [5, 5.41) is 26.0. The zero-order chi connectivity index (χ0) is 69.1. The molecule has 3 saturated heterocycles. The maximum Gasteiger partial charge on any atom is 0.410 e. The molecule has 0 bridgehead atoms. The van der Waals surface area contributed by atoms with Crippen LogP contribution in [0.25, 0.3) is 66.5 Å². The molecular formula is C68H70BBr3Cl3F3N12O6. The molecule has 28 heteroatoms. The van der Waals surface area contributed by atoms with Crippen LogP contribution in [0.2, 0.25) is 15.1 Å². The molecule has 3 aliphatic heterocycles. The molecule has 3 aliphatic rings. The fourth-order valence-corrected chi connectivity index (χ4v) is 12.0. The fourth-order valence-electron chi connectivity index (χ4n) is 11.2. The number of nitrogens with zero attached hydrogens (tertiary/aromatic N) is 11. The summed E-state index contributed by atoms with van der Waals surface area (Å²) in [4.78, 5) is 62.1. The molecule has 9 heterocycles. The lowest BCUT2D eigenvalue weighted by molar-refractivity contribution is -0.126. The van der Waals surface area contributed by atoms with Crippen LogP contribution < -0.4 is 24.8 Å². The second kappa shape index (κ2) is 33.1. The van der Waals surface area contributed by atoms with Crippen molar-refractivity contribution in [2.45, 2.75) is 72.4 Å². The van der Waals surface area contributed by atoms with E-state index < -0.39 is 17.2 Å². The van der Waals surface area contributed by atoms with Gasteiger partial charge in [-0.05, 0) is 114 Å². The smallest absolute Gasteiger partial charge is 0.410 e. The number of carbonyl (C=O) groups excluding carboxylic acids is 2. The maximum atomic E-state index is 14.5. The Labute approximate surface area is 595 Å². The Morgan fingerprint density at radius 3 is 1.48 bits per heavy atom. The number of ether oxygens (including phenoxy) is 2. The van der Waals surface area contributed by atoms with Gasteiger partial charge in [0.25, 0.3) is 0 Å². The molecule has 2 amide bonds. The van der Waals surface area contributed by atoms with Gasteiger partial charge < -0.3 is 49.5 Å². The molecule has 6 aromatic heterocycles. The number of carbonyl (C=O) groups is 2. The highest BCUT2D eigenvalue weighted by Gasteiger charge is 2.33. The highest BCUT2D eigenvalue weighted by atomic mass is 79.9. The molecule has 0 radical (unpaired) electrons. The topological polar surface area (TPSA) is 199 Å². The van der Waals surface area contributed by atoms with Gasteiger partial charge in [0.15, 0.2) is 0 Å². The van der Waals surface area contributed by atoms with Gasteiger partial charge >= 0.3 is 9.28 Å². The molecule has 96 heavy (non-hydrogen) atoms. The van der Waals surface area contributed by atoms with Crippen LogP contribution in [0.5, 0.6) is 5.88 Å². The van der Waals surface area contributed by atoms with Crippen LogP contribution in [0.1, 0.15) is 52.9 Å². The van der Waals surface area contributed by atoms with E-state index in [4.69, 9.17) is 54.2 Å². The lowest BCUT2D eigenvalue weighted by Gasteiger charge is -2.41. The quantitative estimate of drug-likeness (QED) is 0.0815. The Bertz CT molecular complexity index is 4300. The number of anilines is 3. The predicted molar refractivity (Wildman–Crippen MR) is 389 cm³/mol. The Morgan fingerprint density at radius 2 is 1.05 bits per heavy atom. The van der Waals surface area contributed by atoms with Crippen LogP contribution in [0.3, 0.4) is 0 Å². The number of benzene rings is 3. The predicted octanol–water partition coefficient (Wildman–Crippen LogP) is 14.9. The Hall–Kier alpha value is -6.94. The van der Waals surface area contributed by atoms with Crippen molar-refractivity contribution < 1.29 is 42.4 Å². The summed E-state index contributed by atoms with van der Waals surface area (Å²) in [5.41, 5.74) is 4.30. The van der Waals surface area contributed by atoms with Gasteiger partial charge in [-0.1, -0.05) is 77.8 Å². The van der Waals surface area contributed by atoms with Crippen LogP contribution in [0.15, 0.2) is 122 Å². The van der Waals surface area contributed by atoms with Crippen LogP contribution in [0, 0.1) is 17.5 Å². The van der Waals surface area contributed by atoms with Gasteiger partial charge in [-0.25, -0.2) is 42.9 Å². The number of aliphatic hydroxyl groups is 2. The van der Waals surface area contributed by atoms with Gasteiger partial charge in [-0.3, -0.25) is 4.79 Å². The molecule has 504 valence electrons. The number of hydrogen-bond acceptors (Lipinski definition) is 16. The van der Waals surface area contributed by atoms with Crippen molar-refractivity contribution in [1.29, 1.82) is 0 Å². The Morgan fingerprint density at radius 1 is 0.625 bits per heavy atom. The first-order valence-corrected chi connectivity index (χ1v) is 34.7. The zero-order valence-corrected chi connectivity index (χ0v) is 60.5. The molecule has 3 aromatic carbocycles. The van der Waals surface area contributed by atoms with Gasteiger partial charge in [-0.2, -0.15) is 4.98 Å². The average Bonchev–Trinajstić information content (AvgIpc) is 0.785. The third-order valence-electron chi connectivity index (χ3n) is 15.7. The first kappa shape index (κ1) is 73.3. The van der Waals surface area contributed by atoms with E-state index in [2.05, 4.69) is 95.8 Å². The van der Waals surface area contributed by atoms with E-state index in [9.17, 15) is 33.0 Å². The SMILES string of the molecule is BrB(Br)Br.C=CC(=O)N1CCN(c2nc(CO)cc3nc(-c4ccccc4F)c(Cl)cc23)CC1.CCOc1cc2nc(-c3ccccc3F)c(Cl)cc2c(N2CCN(C(=O)OC(C)(C)C)C[C@@H]2C)n1.C[C@H]1CNCCN1c1nc(CO)cc2nc(-c3ccccc3F)c(Cl)cc12. The number of fused-ring (bicyclic) bond motifs is 3. The van der Waals surface area contributed by atoms with E-state index in [1.54, 1.807) is 101 Å².